The lowest BCUT2D eigenvalue weighted by atomic mass is 9.54. The lowest BCUT2D eigenvalue weighted by Gasteiger charge is -2.46. The molecule has 3 heteroatoms. The minimum absolute atomic E-state index is 0.128. The van der Waals surface area contributed by atoms with Crippen molar-refractivity contribution in [3.05, 3.63) is 58.1 Å². The number of rotatable bonds is 2. The van der Waals surface area contributed by atoms with Crippen molar-refractivity contribution in [2.45, 2.75) is 26.7 Å². The first-order valence-electron chi connectivity index (χ1n) is 8.08. The van der Waals surface area contributed by atoms with Gasteiger partial charge in [-0.25, -0.2) is 0 Å². The highest BCUT2D eigenvalue weighted by Crippen LogP contribution is 2.67. The van der Waals surface area contributed by atoms with E-state index >= 15 is 0 Å². The Morgan fingerprint density at radius 3 is 2.61 bits per heavy atom. The summed E-state index contributed by atoms with van der Waals surface area (Å²) in [5.41, 5.74) is 1.00. The maximum absolute atomic E-state index is 12.9. The molecule has 0 spiro atoms. The second-order valence-electron chi connectivity index (χ2n) is 7.42. The molecule has 0 N–H and O–H groups in total. The summed E-state index contributed by atoms with van der Waals surface area (Å²) in [4.78, 5) is 25.6. The number of benzene rings is 1. The van der Waals surface area contributed by atoms with E-state index in [1.807, 2.05) is 19.1 Å². The van der Waals surface area contributed by atoms with Gasteiger partial charge in [-0.15, -0.1) is 0 Å². The molecule has 4 rings (SSSR count). The zero-order chi connectivity index (χ0) is 16.4. The summed E-state index contributed by atoms with van der Waals surface area (Å²) in [7, 11) is 0. The van der Waals surface area contributed by atoms with E-state index in [0.29, 0.717) is 5.57 Å². The third kappa shape index (κ3) is 1.86. The Balaban J connectivity index is 1.80. The monoisotopic (exact) mass is 370 g/mol. The van der Waals surface area contributed by atoms with Gasteiger partial charge in [-0.2, -0.15) is 0 Å². The molecule has 1 aromatic rings. The molecule has 0 aromatic heterocycles. The number of carbonyl (C=O) groups excluding carboxylic acids is 2. The first-order chi connectivity index (χ1) is 10.9. The van der Waals surface area contributed by atoms with Gasteiger partial charge in [0.25, 0.3) is 0 Å². The topological polar surface area (TPSA) is 34.1 Å². The van der Waals surface area contributed by atoms with E-state index in [2.05, 4.69) is 40.2 Å². The lowest BCUT2D eigenvalue weighted by Crippen LogP contribution is -2.51. The number of fused-ring (bicyclic) bond motifs is 5. The molecule has 0 amide bonds. The van der Waals surface area contributed by atoms with Crippen LogP contribution in [0.2, 0.25) is 0 Å². The smallest absolute Gasteiger partial charge is 0.163 e. The first kappa shape index (κ1) is 15.1. The van der Waals surface area contributed by atoms with E-state index < -0.39 is 5.41 Å². The second-order valence-corrected chi connectivity index (χ2v) is 8.34. The third-order valence-electron chi connectivity index (χ3n) is 6.31. The molecule has 3 aliphatic rings. The third-order valence-corrected chi connectivity index (χ3v) is 6.84. The van der Waals surface area contributed by atoms with E-state index in [4.69, 9.17) is 0 Å². The number of allylic oxidation sites excluding steroid dienone is 4. The van der Waals surface area contributed by atoms with Gasteiger partial charge in [0.2, 0.25) is 0 Å². The highest BCUT2D eigenvalue weighted by Gasteiger charge is 2.68. The van der Waals surface area contributed by atoms with Crippen molar-refractivity contribution in [2.75, 3.05) is 0 Å². The molecule has 4 atom stereocenters. The fraction of sp³-hybridized carbons (Fsp3) is 0.400. The predicted molar refractivity (Wildman–Crippen MR) is 92.9 cm³/mol. The number of hydrogen-bond acceptors (Lipinski definition) is 2. The largest absolute Gasteiger partial charge is 0.294 e. The average molecular weight is 371 g/mol. The fourth-order valence-corrected chi connectivity index (χ4v) is 5.28. The molecule has 0 aliphatic heterocycles. The molecular weight excluding hydrogens is 352 g/mol. The summed E-state index contributed by atoms with van der Waals surface area (Å²) in [5.74, 6) is 0.318. The maximum Gasteiger partial charge on any atom is 0.163 e. The summed E-state index contributed by atoms with van der Waals surface area (Å²) in [6.45, 7) is 3.79. The SMILES string of the molecule is CC1=CC(=O)[C@@]2(C)[C@@H](C1=O)[C@H]1C=C[C@]2(Cc2ccc(Br)cc2)C1. The number of carbonyl (C=O) groups is 2. The van der Waals surface area contributed by atoms with Gasteiger partial charge in [-0.3, -0.25) is 9.59 Å². The number of halogens is 1. The molecule has 0 saturated heterocycles. The van der Waals surface area contributed by atoms with Crippen LogP contribution in [0.15, 0.2) is 52.5 Å². The quantitative estimate of drug-likeness (QED) is 0.727. The van der Waals surface area contributed by atoms with Crippen LogP contribution in [0.25, 0.3) is 0 Å². The van der Waals surface area contributed by atoms with Crippen LogP contribution in [0.3, 0.4) is 0 Å². The molecular formula is C20H19BrO2. The van der Waals surface area contributed by atoms with Crippen molar-refractivity contribution < 1.29 is 9.59 Å². The van der Waals surface area contributed by atoms with Gasteiger partial charge in [0.05, 0.1) is 5.41 Å². The molecule has 1 aromatic carbocycles. The number of ketones is 2. The van der Waals surface area contributed by atoms with Crippen LogP contribution < -0.4 is 0 Å². The highest BCUT2D eigenvalue weighted by molar-refractivity contribution is 9.10. The van der Waals surface area contributed by atoms with Crippen LogP contribution in [0, 0.1) is 22.7 Å². The lowest BCUT2D eigenvalue weighted by molar-refractivity contribution is -0.139. The van der Waals surface area contributed by atoms with Crippen molar-refractivity contribution >= 4 is 27.5 Å². The van der Waals surface area contributed by atoms with E-state index in [-0.39, 0.29) is 28.8 Å². The van der Waals surface area contributed by atoms with Gasteiger partial charge >= 0.3 is 0 Å². The van der Waals surface area contributed by atoms with Gasteiger partial charge in [0.1, 0.15) is 0 Å². The van der Waals surface area contributed by atoms with Gasteiger partial charge in [-0.05, 0) is 55.0 Å². The highest BCUT2D eigenvalue weighted by atomic mass is 79.9. The first-order valence-corrected chi connectivity index (χ1v) is 8.87. The van der Waals surface area contributed by atoms with E-state index in [1.54, 1.807) is 13.0 Å². The van der Waals surface area contributed by atoms with E-state index in [0.717, 1.165) is 17.3 Å². The number of hydrogen-bond donors (Lipinski definition) is 0. The maximum atomic E-state index is 12.9. The van der Waals surface area contributed by atoms with Crippen molar-refractivity contribution in [3.8, 4) is 0 Å². The molecule has 1 fully saturated rings. The number of Topliss-reactive ketones (excluding diaryl/α,β-unsaturated/α-hetero) is 1. The Kier molecular flexibility index (Phi) is 3.12. The minimum atomic E-state index is -0.601. The second kappa shape index (κ2) is 4.76. The Labute approximate surface area is 144 Å². The van der Waals surface area contributed by atoms with Crippen molar-refractivity contribution in [2.24, 2.45) is 22.7 Å². The van der Waals surface area contributed by atoms with Crippen LogP contribution >= 0.6 is 15.9 Å². The van der Waals surface area contributed by atoms with Gasteiger partial charge in [0.15, 0.2) is 11.6 Å². The fourth-order valence-electron chi connectivity index (χ4n) is 5.02. The Hall–Kier alpha value is -1.48. The molecule has 2 nitrogen and oxygen atoms in total. The Bertz CT molecular complexity index is 773. The molecule has 118 valence electrons. The van der Waals surface area contributed by atoms with Crippen LogP contribution in [-0.4, -0.2) is 11.6 Å². The zero-order valence-corrected chi connectivity index (χ0v) is 14.9. The van der Waals surface area contributed by atoms with Gasteiger partial charge in [-0.1, -0.05) is 47.1 Å². The summed E-state index contributed by atoms with van der Waals surface area (Å²) >= 11 is 3.47. The van der Waals surface area contributed by atoms with Crippen LogP contribution in [-0.2, 0) is 16.0 Å². The predicted octanol–water partition coefficient (Wildman–Crippen LogP) is 4.29. The molecule has 0 heterocycles. The van der Waals surface area contributed by atoms with E-state index in [9.17, 15) is 9.59 Å². The summed E-state index contributed by atoms with van der Waals surface area (Å²) in [6, 6.07) is 8.28. The summed E-state index contributed by atoms with van der Waals surface area (Å²) < 4.78 is 1.05. The summed E-state index contributed by atoms with van der Waals surface area (Å²) in [6.07, 6.45) is 7.69. The zero-order valence-electron chi connectivity index (χ0n) is 13.3. The van der Waals surface area contributed by atoms with Crippen molar-refractivity contribution in [1.29, 1.82) is 0 Å². The van der Waals surface area contributed by atoms with Crippen LogP contribution in [0.4, 0.5) is 0 Å². The van der Waals surface area contributed by atoms with Gasteiger partial charge in [0, 0.05) is 15.8 Å². The average Bonchev–Trinajstić information content (AvgIpc) is 3.03. The van der Waals surface area contributed by atoms with Gasteiger partial charge < -0.3 is 0 Å². The Morgan fingerprint density at radius 2 is 1.91 bits per heavy atom. The van der Waals surface area contributed by atoms with Crippen molar-refractivity contribution in [1.82, 2.24) is 0 Å². The standard InChI is InChI=1S/C20H19BrO2/c1-12-9-16(22)19(2)17(18(12)23)14-7-8-20(19,11-14)10-13-3-5-15(21)6-4-13/h3-9,14,17H,10-11H2,1-2H3/t14-,17+,19-,20-/m0/s1. The Morgan fingerprint density at radius 1 is 1.22 bits per heavy atom. The summed E-state index contributed by atoms with van der Waals surface area (Å²) in [5, 5.41) is 0. The molecule has 3 aliphatic carbocycles. The van der Waals surface area contributed by atoms with Crippen LogP contribution in [0.1, 0.15) is 25.8 Å². The molecule has 2 bridgehead atoms. The molecule has 23 heavy (non-hydrogen) atoms. The minimum Gasteiger partial charge on any atom is -0.294 e. The molecule has 0 radical (unpaired) electrons. The van der Waals surface area contributed by atoms with Crippen LogP contribution in [0.5, 0.6) is 0 Å². The molecule has 0 unspecified atom stereocenters. The normalized spacial score (nSPS) is 38.0. The molecule has 1 saturated carbocycles. The van der Waals surface area contributed by atoms with Crippen molar-refractivity contribution in [3.63, 3.8) is 0 Å². The van der Waals surface area contributed by atoms with E-state index in [1.165, 1.54) is 5.56 Å².